The predicted octanol–water partition coefficient (Wildman–Crippen LogP) is 2.66. The Bertz CT molecular complexity index is 542. The van der Waals surface area contributed by atoms with Crippen molar-refractivity contribution < 1.29 is 9.15 Å². The molecule has 1 heterocycles. The second kappa shape index (κ2) is 6.68. The molecule has 2 rings (SSSR count). The lowest BCUT2D eigenvalue weighted by atomic mass is 10.2. The van der Waals surface area contributed by atoms with E-state index >= 15 is 0 Å². The number of benzene rings is 1. The van der Waals surface area contributed by atoms with Crippen molar-refractivity contribution >= 4 is 15.9 Å². The first-order valence-electron chi connectivity index (χ1n) is 6.11. The summed E-state index contributed by atoms with van der Waals surface area (Å²) >= 11 is 3.40. The molecule has 0 spiro atoms. The van der Waals surface area contributed by atoms with Crippen molar-refractivity contribution in [1.82, 2.24) is 15.5 Å². The molecule has 0 amide bonds. The number of hydrogen-bond acceptors (Lipinski definition) is 5. The number of halogens is 1. The van der Waals surface area contributed by atoms with Gasteiger partial charge >= 0.3 is 0 Å². The van der Waals surface area contributed by atoms with Crippen LogP contribution in [0.15, 0.2) is 27.1 Å². The van der Waals surface area contributed by atoms with E-state index in [1.807, 2.05) is 18.2 Å². The van der Waals surface area contributed by atoms with E-state index in [1.54, 1.807) is 7.11 Å². The molecule has 0 aliphatic carbocycles. The summed E-state index contributed by atoms with van der Waals surface area (Å²) in [5.41, 5.74) is 0.799. The summed E-state index contributed by atoms with van der Waals surface area (Å²) in [5, 5.41) is 11.3. The molecule has 1 aromatic heterocycles. The number of aromatic nitrogens is 2. The molecule has 0 aliphatic heterocycles. The average molecular weight is 326 g/mol. The maximum absolute atomic E-state index is 5.64. The lowest BCUT2D eigenvalue weighted by Gasteiger charge is -2.04. The van der Waals surface area contributed by atoms with Gasteiger partial charge in [0.25, 0.3) is 5.89 Å². The van der Waals surface area contributed by atoms with Crippen molar-refractivity contribution in [1.29, 1.82) is 0 Å². The molecule has 1 aromatic carbocycles. The second-order valence-electron chi connectivity index (χ2n) is 3.95. The highest BCUT2D eigenvalue weighted by atomic mass is 79.9. The largest absolute Gasteiger partial charge is 0.496 e. The minimum absolute atomic E-state index is 0.482. The van der Waals surface area contributed by atoms with E-state index in [2.05, 4.69) is 38.4 Å². The number of nitrogens with zero attached hydrogens (tertiary/aromatic N) is 2. The third kappa shape index (κ3) is 3.54. The molecule has 6 heteroatoms. The smallest absolute Gasteiger partial charge is 0.251 e. The Hall–Kier alpha value is -1.40. The first-order chi connectivity index (χ1) is 9.24. The summed E-state index contributed by atoms with van der Waals surface area (Å²) in [6.07, 6.45) is 0.722. The summed E-state index contributed by atoms with van der Waals surface area (Å²) in [7, 11) is 1.62. The summed E-state index contributed by atoms with van der Waals surface area (Å²) in [4.78, 5) is 0. The van der Waals surface area contributed by atoms with Crippen molar-refractivity contribution in [2.45, 2.75) is 13.3 Å². The zero-order chi connectivity index (χ0) is 13.7. The first-order valence-corrected chi connectivity index (χ1v) is 6.91. The lowest BCUT2D eigenvalue weighted by Crippen LogP contribution is -2.16. The zero-order valence-electron chi connectivity index (χ0n) is 10.9. The fourth-order valence-electron chi connectivity index (χ4n) is 1.68. The van der Waals surface area contributed by atoms with Crippen LogP contribution >= 0.6 is 15.9 Å². The highest BCUT2D eigenvalue weighted by Gasteiger charge is 2.13. The molecule has 19 heavy (non-hydrogen) atoms. The van der Waals surface area contributed by atoms with Gasteiger partial charge in [0.2, 0.25) is 5.89 Å². The van der Waals surface area contributed by atoms with Gasteiger partial charge in [-0.25, -0.2) is 0 Å². The molecule has 102 valence electrons. The Morgan fingerprint density at radius 2 is 2.21 bits per heavy atom. The van der Waals surface area contributed by atoms with Crippen LogP contribution < -0.4 is 10.1 Å². The SMILES string of the molecule is CCNCCc1nnc(-c2ccc(Br)cc2OC)o1. The molecule has 0 unspecified atom stereocenters. The molecule has 2 aromatic rings. The van der Waals surface area contributed by atoms with Gasteiger partial charge in [0, 0.05) is 17.4 Å². The maximum Gasteiger partial charge on any atom is 0.251 e. The molecule has 0 bridgehead atoms. The summed E-state index contributed by atoms with van der Waals surface area (Å²) < 4.78 is 11.9. The van der Waals surface area contributed by atoms with Gasteiger partial charge in [-0.1, -0.05) is 22.9 Å². The first kappa shape index (κ1) is 14.0. The van der Waals surface area contributed by atoms with E-state index < -0.39 is 0 Å². The zero-order valence-corrected chi connectivity index (χ0v) is 12.5. The standard InChI is InChI=1S/C13H16BrN3O2/c1-3-15-7-6-12-16-17-13(19-12)10-5-4-9(14)8-11(10)18-2/h4-5,8,15H,3,6-7H2,1-2H3. The minimum Gasteiger partial charge on any atom is -0.496 e. The monoisotopic (exact) mass is 325 g/mol. The number of methoxy groups -OCH3 is 1. The summed E-state index contributed by atoms with van der Waals surface area (Å²) in [6.45, 7) is 3.82. The normalized spacial score (nSPS) is 10.7. The summed E-state index contributed by atoms with van der Waals surface area (Å²) in [5.74, 6) is 1.81. The molecule has 0 aliphatic rings. The third-order valence-corrected chi connectivity index (χ3v) is 3.12. The molecule has 0 fully saturated rings. The Morgan fingerprint density at radius 1 is 1.37 bits per heavy atom. The Balaban J connectivity index is 2.18. The number of nitrogens with one attached hydrogen (secondary N) is 1. The summed E-state index contributed by atoms with van der Waals surface area (Å²) in [6, 6.07) is 5.68. The highest BCUT2D eigenvalue weighted by molar-refractivity contribution is 9.10. The second-order valence-corrected chi connectivity index (χ2v) is 4.86. The molecule has 1 N–H and O–H groups in total. The van der Waals surface area contributed by atoms with E-state index in [1.165, 1.54) is 0 Å². The molecule has 0 saturated heterocycles. The van der Waals surface area contributed by atoms with Crippen LogP contribution in [0.5, 0.6) is 5.75 Å². The fourth-order valence-corrected chi connectivity index (χ4v) is 2.02. The van der Waals surface area contributed by atoms with Crippen molar-refractivity contribution in [2.75, 3.05) is 20.2 Å². The van der Waals surface area contributed by atoms with Gasteiger partial charge in [0.15, 0.2) is 0 Å². The van der Waals surface area contributed by atoms with Crippen LogP contribution in [0.4, 0.5) is 0 Å². The predicted molar refractivity (Wildman–Crippen MR) is 76.2 cm³/mol. The molecular weight excluding hydrogens is 310 g/mol. The van der Waals surface area contributed by atoms with Gasteiger partial charge in [0.05, 0.1) is 12.7 Å². The Labute approximate surface area is 120 Å². The topological polar surface area (TPSA) is 60.2 Å². The van der Waals surface area contributed by atoms with E-state index in [-0.39, 0.29) is 0 Å². The van der Waals surface area contributed by atoms with E-state index in [9.17, 15) is 0 Å². The van der Waals surface area contributed by atoms with Crippen LogP contribution in [0, 0.1) is 0 Å². The fraction of sp³-hybridized carbons (Fsp3) is 0.385. The van der Waals surface area contributed by atoms with Crippen LogP contribution in [-0.2, 0) is 6.42 Å². The number of likely N-dealkylation sites (N-methyl/N-ethyl adjacent to an activating group) is 1. The van der Waals surface area contributed by atoms with Crippen LogP contribution in [-0.4, -0.2) is 30.4 Å². The van der Waals surface area contributed by atoms with Gasteiger partial charge < -0.3 is 14.5 Å². The number of ether oxygens (including phenoxy) is 1. The van der Waals surface area contributed by atoms with Crippen molar-refractivity contribution in [3.05, 3.63) is 28.6 Å². The van der Waals surface area contributed by atoms with Gasteiger partial charge in [-0.3, -0.25) is 0 Å². The third-order valence-electron chi connectivity index (χ3n) is 2.63. The van der Waals surface area contributed by atoms with Crippen molar-refractivity contribution in [2.24, 2.45) is 0 Å². The van der Waals surface area contributed by atoms with E-state index in [0.717, 1.165) is 29.5 Å². The van der Waals surface area contributed by atoms with Crippen LogP contribution in [0.3, 0.4) is 0 Å². The number of hydrogen-bond donors (Lipinski definition) is 1. The van der Waals surface area contributed by atoms with Crippen LogP contribution in [0.25, 0.3) is 11.5 Å². The van der Waals surface area contributed by atoms with Gasteiger partial charge in [-0.15, -0.1) is 10.2 Å². The van der Waals surface area contributed by atoms with Crippen LogP contribution in [0.2, 0.25) is 0 Å². The maximum atomic E-state index is 5.64. The molecule has 0 saturated carbocycles. The average Bonchev–Trinajstić information content (AvgIpc) is 2.87. The minimum atomic E-state index is 0.482. The molecular formula is C13H16BrN3O2. The molecule has 0 atom stereocenters. The van der Waals surface area contributed by atoms with E-state index in [4.69, 9.17) is 9.15 Å². The van der Waals surface area contributed by atoms with Crippen LogP contribution in [0.1, 0.15) is 12.8 Å². The van der Waals surface area contributed by atoms with E-state index in [0.29, 0.717) is 17.5 Å². The van der Waals surface area contributed by atoms with Crippen molar-refractivity contribution in [3.8, 4) is 17.2 Å². The van der Waals surface area contributed by atoms with Gasteiger partial charge in [-0.05, 0) is 24.7 Å². The molecule has 0 radical (unpaired) electrons. The Morgan fingerprint density at radius 3 is 2.95 bits per heavy atom. The van der Waals surface area contributed by atoms with Gasteiger partial charge in [0.1, 0.15) is 5.75 Å². The highest BCUT2D eigenvalue weighted by Crippen LogP contribution is 2.31. The quantitative estimate of drug-likeness (QED) is 0.827. The molecule has 5 nitrogen and oxygen atoms in total. The van der Waals surface area contributed by atoms with Gasteiger partial charge in [-0.2, -0.15) is 0 Å². The Kier molecular flexibility index (Phi) is 4.93. The van der Waals surface area contributed by atoms with Crippen molar-refractivity contribution in [3.63, 3.8) is 0 Å². The lowest BCUT2D eigenvalue weighted by molar-refractivity contribution is 0.413. The number of rotatable bonds is 6.